The molecule has 0 aliphatic carbocycles. The van der Waals surface area contributed by atoms with Crippen LogP contribution in [0.25, 0.3) is 22.6 Å². The number of nitrogens with zero attached hydrogens (tertiary/aromatic N) is 4. The van der Waals surface area contributed by atoms with E-state index < -0.39 is 0 Å². The van der Waals surface area contributed by atoms with E-state index in [4.69, 9.17) is 14.7 Å². The summed E-state index contributed by atoms with van der Waals surface area (Å²) in [6, 6.07) is 30.5. The molecule has 33 heavy (non-hydrogen) atoms. The van der Waals surface area contributed by atoms with Crippen molar-refractivity contribution >= 4 is 0 Å². The Labute approximate surface area is 194 Å². The van der Waals surface area contributed by atoms with Gasteiger partial charge < -0.3 is 4.42 Å². The molecular formula is C28H26N4O. The smallest absolute Gasteiger partial charge is 0.209 e. The standard InChI is InChI=1S/C28H26N4O/c29-19-22-8-7-9-23(18-22)20-31-14-16-32(17-15-31)21-26-30-27(24-10-3-1-4-11-24)28(33-26)25-12-5-2-6-13-25/h1-13,18H,14-17,20-21H2. The van der Waals surface area contributed by atoms with E-state index in [0.717, 1.165) is 66.8 Å². The van der Waals surface area contributed by atoms with Gasteiger partial charge in [-0.15, -0.1) is 0 Å². The molecule has 4 aromatic rings. The summed E-state index contributed by atoms with van der Waals surface area (Å²) in [6.45, 7) is 5.45. The van der Waals surface area contributed by atoms with Gasteiger partial charge in [-0.25, -0.2) is 4.98 Å². The second-order valence-corrected chi connectivity index (χ2v) is 8.38. The number of hydrogen-bond acceptors (Lipinski definition) is 5. The van der Waals surface area contributed by atoms with Crippen molar-refractivity contribution in [2.75, 3.05) is 26.2 Å². The topological polar surface area (TPSA) is 56.3 Å². The summed E-state index contributed by atoms with van der Waals surface area (Å²) in [5.74, 6) is 1.58. The number of piperazine rings is 1. The Morgan fingerprint density at radius 2 is 1.39 bits per heavy atom. The largest absolute Gasteiger partial charge is 0.439 e. The van der Waals surface area contributed by atoms with Crippen LogP contribution in [0, 0.1) is 11.3 Å². The van der Waals surface area contributed by atoms with E-state index in [-0.39, 0.29) is 0 Å². The maximum absolute atomic E-state index is 9.12. The summed E-state index contributed by atoms with van der Waals surface area (Å²) in [4.78, 5) is 9.74. The highest BCUT2D eigenvalue weighted by atomic mass is 16.4. The monoisotopic (exact) mass is 434 g/mol. The summed E-state index contributed by atoms with van der Waals surface area (Å²) in [5, 5.41) is 9.12. The second-order valence-electron chi connectivity index (χ2n) is 8.38. The van der Waals surface area contributed by atoms with Gasteiger partial charge in [-0.2, -0.15) is 5.26 Å². The van der Waals surface area contributed by atoms with Gasteiger partial charge in [0, 0.05) is 43.9 Å². The highest BCUT2D eigenvalue weighted by Crippen LogP contribution is 2.33. The van der Waals surface area contributed by atoms with E-state index in [1.54, 1.807) is 0 Å². The van der Waals surface area contributed by atoms with Crippen LogP contribution in [-0.4, -0.2) is 41.0 Å². The van der Waals surface area contributed by atoms with Gasteiger partial charge in [0.2, 0.25) is 5.89 Å². The highest BCUT2D eigenvalue weighted by Gasteiger charge is 2.22. The minimum absolute atomic E-state index is 0.699. The molecule has 2 heterocycles. The van der Waals surface area contributed by atoms with Crippen LogP contribution < -0.4 is 0 Å². The van der Waals surface area contributed by atoms with Crippen LogP contribution in [0.1, 0.15) is 17.0 Å². The van der Waals surface area contributed by atoms with E-state index in [1.165, 1.54) is 5.56 Å². The zero-order valence-electron chi connectivity index (χ0n) is 18.5. The van der Waals surface area contributed by atoms with Crippen LogP contribution in [0.2, 0.25) is 0 Å². The Balaban J connectivity index is 1.27. The van der Waals surface area contributed by atoms with Crippen LogP contribution in [0.5, 0.6) is 0 Å². The molecule has 0 spiro atoms. The minimum Gasteiger partial charge on any atom is -0.439 e. The summed E-state index contributed by atoms with van der Waals surface area (Å²) >= 11 is 0. The van der Waals surface area contributed by atoms with Crippen molar-refractivity contribution in [3.05, 3.63) is 102 Å². The fourth-order valence-corrected chi connectivity index (χ4v) is 4.30. The molecule has 1 aliphatic heterocycles. The van der Waals surface area contributed by atoms with Crippen LogP contribution in [-0.2, 0) is 13.1 Å². The lowest BCUT2D eigenvalue weighted by molar-refractivity contribution is 0.114. The molecule has 1 aromatic heterocycles. The van der Waals surface area contributed by atoms with E-state index in [9.17, 15) is 0 Å². The molecular weight excluding hydrogens is 408 g/mol. The molecule has 5 rings (SSSR count). The van der Waals surface area contributed by atoms with E-state index in [1.807, 2.05) is 54.6 Å². The molecule has 5 nitrogen and oxygen atoms in total. The van der Waals surface area contributed by atoms with Gasteiger partial charge in [0.15, 0.2) is 5.76 Å². The van der Waals surface area contributed by atoms with E-state index in [2.05, 4.69) is 46.2 Å². The Morgan fingerprint density at radius 1 is 0.758 bits per heavy atom. The quantitative estimate of drug-likeness (QED) is 0.418. The SMILES string of the molecule is N#Cc1cccc(CN2CCN(Cc3nc(-c4ccccc4)c(-c4ccccc4)o3)CC2)c1. The number of hydrogen-bond donors (Lipinski definition) is 0. The predicted octanol–water partition coefficient (Wildman–Crippen LogP) is 5.20. The Bertz CT molecular complexity index is 1180. The normalized spacial score (nSPS) is 14.8. The maximum Gasteiger partial charge on any atom is 0.209 e. The van der Waals surface area contributed by atoms with Crippen LogP contribution in [0.4, 0.5) is 0 Å². The third-order valence-corrected chi connectivity index (χ3v) is 6.04. The number of rotatable bonds is 6. The Kier molecular flexibility index (Phi) is 6.30. The fourth-order valence-electron chi connectivity index (χ4n) is 4.30. The van der Waals surface area contributed by atoms with Gasteiger partial charge in [-0.3, -0.25) is 9.80 Å². The van der Waals surface area contributed by atoms with E-state index in [0.29, 0.717) is 6.54 Å². The molecule has 1 fully saturated rings. The zero-order chi connectivity index (χ0) is 22.5. The first kappa shape index (κ1) is 21.1. The zero-order valence-corrected chi connectivity index (χ0v) is 18.5. The Hall–Kier alpha value is -3.72. The van der Waals surface area contributed by atoms with Crippen LogP contribution in [0.15, 0.2) is 89.3 Å². The first-order valence-corrected chi connectivity index (χ1v) is 11.3. The molecule has 0 saturated carbocycles. The molecule has 3 aromatic carbocycles. The second kappa shape index (κ2) is 9.83. The molecule has 164 valence electrons. The number of nitriles is 1. The predicted molar refractivity (Wildman–Crippen MR) is 129 cm³/mol. The summed E-state index contributed by atoms with van der Waals surface area (Å²) in [6.07, 6.45) is 0. The van der Waals surface area contributed by atoms with Gasteiger partial charge in [0.05, 0.1) is 18.2 Å². The number of benzene rings is 3. The van der Waals surface area contributed by atoms with Crippen molar-refractivity contribution in [2.45, 2.75) is 13.1 Å². The molecule has 1 saturated heterocycles. The molecule has 5 heteroatoms. The van der Waals surface area contributed by atoms with Gasteiger partial charge in [-0.1, -0.05) is 72.8 Å². The summed E-state index contributed by atoms with van der Waals surface area (Å²) < 4.78 is 6.31. The first-order chi connectivity index (χ1) is 16.3. The number of aromatic nitrogens is 1. The summed E-state index contributed by atoms with van der Waals surface area (Å²) in [5.41, 5.74) is 4.91. The Morgan fingerprint density at radius 3 is 2.06 bits per heavy atom. The van der Waals surface area contributed by atoms with Gasteiger partial charge >= 0.3 is 0 Å². The molecule has 0 amide bonds. The first-order valence-electron chi connectivity index (χ1n) is 11.3. The fraction of sp³-hybridized carbons (Fsp3) is 0.214. The number of oxazole rings is 1. The lowest BCUT2D eigenvalue weighted by Crippen LogP contribution is -2.45. The van der Waals surface area contributed by atoms with Crippen LogP contribution in [0.3, 0.4) is 0 Å². The van der Waals surface area contributed by atoms with Gasteiger partial charge in [0.25, 0.3) is 0 Å². The van der Waals surface area contributed by atoms with Crippen LogP contribution >= 0.6 is 0 Å². The lowest BCUT2D eigenvalue weighted by atomic mass is 10.1. The van der Waals surface area contributed by atoms with E-state index >= 15 is 0 Å². The van der Waals surface area contributed by atoms with Crippen molar-refractivity contribution in [2.24, 2.45) is 0 Å². The van der Waals surface area contributed by atoms with Gasteiger partial charge in [-0.05, 0) is 17.7 Å². The maximum atomic E-state index is 9.12. The third-order valence-electron chi connectivity index (χ3n) is 6.04. The van der Waals surface area contributed by atoms with Crippen molar-refractivity contribution in [3.63, 3.8) is 0 Å². The lowest BCUT2D eigenvalue weighted by Gasteiger charge is -2.34. The molecule has 0 radical (unpaired) electrons. The molecule has 1 aliphatic rings. The van der Waals surface area contributed by atoms with Gasteiger partial charge in [0.1, 0.15) is 5.69 Å². The van der Waals surface area contributed by atoms with Crippen molar-refractivity contribution in [1.29, 1.82) is 5.26 Å². The molecule has 0 unspecified atom stereocenters. The van der Waals surface area contributed by atoms with Crippen molar-refractivity contribution in [3.8, 4) is 28.7 Å². The van der Waals surface area contributed by atoms with Crippen molar-refractivity contribution in [1.82, 2.24) is 14.8 Å². The average Bonchev–Trinajstić information content (AvgIpc) is 3.30. The minimum atomic E-state index is 0.699. The summed E-state index contributed by atoms with van der Waals surface area (Å²) in [7, 11) is 0. The molecule has 0 N–H and O–H groups in total. The average molecular weight is 435 g/mol. The molecule has 0 bridgehead atoms. The third kappa shape index (κ3) is 5.04. The molecule has 0 atom stereocenters. The highest BCUT2D eigenvalue weighted by molar-refractivity contribution is 5.76. The van der Waals surface area contributed by atoms with Crippen molar-refractivity contribution < 1.29 is 4.42 Å².